The van der Waals surface area contributed by atoms with Gasteiger partial charge in [-0.25, -0.2) is 4.39 Å². The first-order valence-corrected chi connectivity index (χ1v) is 7.54. The minimum Gasteiger partial charge on any atom is -0.377 e. The zero-order chi connectivity index (χ0) is 14.2. The van der Waals surface area contributed by atoms with Crippen molar-refractivity contribution in [3.63, 3.8) is 0 Å². The van der Waals surface area contributed by atoms with Crippen LogP contribution in [0.25, 0.3) is 6.08 Å². The Bertz CT molecular complexity index is 410. The maximum absolute atomic E-state index is 12.8. The fraction of sp³-hybridized carbons (Fsp3) is 0.529. The van der Waals surface area contributed by atoms with Crippen LogP contribution >= 0.6 is 0 Å². The van der Waals surface area contributed by atoms with Crippen LogP contribution in [0.15, 0.2) is 30.3 Å². The maximum Gasteiger partial charge on any atom is 0.123 e. The molecule has 0 bridgehead atoms. The number of rotatable bonds is 6. The van der Waals surface area contributed by atoms with Gasteiger partial charge in [0.1, 0.15) is 5.82 Å². The van der Waals surface area contributed by atoms with E-state index in [0.29, 0.717) is 6.10 Å². The van der Waals surface area contributed by atoms with Crippen LogP contribution in [0.2, 0.25) is 0 Å². The maximum atomic E-state index is 12.8. The van der Waals surface area contributed by atoms with E-state index in [9.17, 15) is 4.39 Å². The van der Waals surface area contributed by atoms with Gasteiger partial charge in [-0.15, -0.1) is 0 Å². The van der Waals surface area contributed by atoms with E-state index >= 15 is 0 Å². The molecule has 0 aliphatic carbocycles. The van der Waals surface area contributed by atoms with Gasteiger partial charge in [0.2, 0.25) is 0 Å². The van der Waals surface area contributed by atoms with Gasteiger partial charge in [-0.3, -0.25) is 4.90 Å². The Labute approximate surface area is 121 Å². The smallest absolute Gasteiger partial charge is 0.123 e. The molecule has 20 heavy (non-hydrogen) atoms. The summed E-state index contributed by atoms with van der Waals surface area (Å²) in [5, 5.41) is 0. The monoisotopic (exact) mass is 277 g/mol. The van der Waals surface area contributed by atoms with Gasteiger partial charge in [0, 0.05) is 19.7 Å². The van der Waals surface area contributed by atoms with Crippen LogP contribution in [0, 0.1) is 5.82 Å². The molecule has 1 atom stereocenters. The van der Waals surface area contributed by atoms with Crippen molar-refractivity contribution in [3.05, 3.63) is 41.7 Å². The first kappa shape index (κ1) is 15.2. The minimum absolute atomic E-state index is 0.188. The lowest BCUT2D eigenvalue weighted by atomic mass is 10.1. The molecule has 0 amide bonds. The van der Waals surface area contributed by atoms with Crippen molar-refractivity contribution in [1.29, 1.82) is 0 Å². The molecule has 0 saturated carbocycles. The third kappa shape index (κ3) is 5.06. The molecule has 1 aromatic carbocycles. The van der Waals surface area contributed by atoms with Crippen LogP contribution < -0.4 is 0 Å². The van der Waals surface area contributed by atoms with Crippen LogP contribution in [0.3, 0.4) is 0 Å². The molecule has 0 unspecified atom stereocenters. The highest BCUT2D eigenvalue weighted by Crippen LogP contribution is 2.14. The average molecular weight is 277 g/mol. The van der Waals surface area contributed by atoms with Crippen molar-refractivity contribution in [1.82, 2.24) is 4.90 Å². The zero-order valence-electron chi connectivity index (χ0n) is 12.2. The van der Waals surface area contributed by atoms with Crippen LogP contribution in [0.1, 0.15) is 31.7 Å². The molecule has 1 aliphatic rings. The Morgan fingerprint density at radius 2 is 2.10 bits per heavy atom. The van der Waals surface area contributed by atoms with Gasteiger partial charge in [-0.05, 0) is 43.5 Å². The summed E-state index contributed by atoms with van der Waals surface area (Å²) in [6.45, 7) is 6.02. The molecule has 110 valence electrons. The van der Waals surface area contributed by atoms with Gasteiger partial charge in [0.25, 0.3) is 0 Å². The molecular formula is C17H24FNO. The van der Waals surface area contributed by atoms with Gasteiger partial charge in [-0.1, -0.05) is 31.2 Å². The molecule has 3 heteroatoms. The van der Waals surface area contributed by atoms with Crippen LogP contribution in [0.5, 0.6) is 0 Å². The fourth-order valence-electron chi connectivity index (χ4n) is 2.48. The van der Waals surface area contributed by atoms with Crippen LogP contribution in [-0.2, 0) is 4.74 Å². The molecular weight excluding hydrogens is 253 g/mol. The summed E-state index contributed by atoms with van der Waals surface area (Å²) in [4.78, 5) is 2.38. The van der Waals surface area contributed by atoms with Gasteiger partial charge in [0.15, 0.2) is 0 Å². The van der Waals surface area contributed by atoms with Crippen molar-refractivity contribution >= 4 is 6.08 Å². The Morgan fingerprint density at radius 3 is 2.75 bits per heavy atom. The predicted molar refractivity (Wildman–Crippen MR) is 81.1 cm³/mol. The largest absolute Gasteiger partial charge is 0.377 e. The van der Waals surface area contributed by atoms with Gasteiger partial charge < -0.3 is 4.74 Å². The summed E-state index contributed by atoms with van der Waals surface area (Å²) in [5.74, 6) is -0.188. The van der Waals surface area contributed by atoms with E-state index in [2.05, 4.69) is 17.9 Å². The molecule has 1 aliphatic heterocycles. The number of hydrogen-bond acceptors (Lipinski definition) is 2. The number of nitrogens with zero attached hydrogens (tertiary/aromatic N) is 1. The molecule has 1 heterocycles. The van der Waals surface area contributed by atoms with Gasteiger partial charge >= 0.3 is 0 Å². The highest BCUT2D eigenvalue weighted by Gasteiger charge is 2.16. The molecule has 2 rings (SSSR count). The summed E-state index contributed by atoms with van der Waals surface area (Å²) < 4.78 is 18.6. The van der Waals surface area contributed by atoms with Crippen LogP contribution in [-0.4, -0.2) is 37.2 Å². The summed E-state index contributed by atoms with van der Waals surface area (Å²) in [6.07, 6.45) is 8.24. The molecule has 2 nitrogen and oxygen atoms in total. The molecule has 0 N–H and O–H groups in total. The third-order valence-electron chi connectivity index (χ3n) is 3.73. The lowest BCUT2D eigenvalue weighted by molar-refractivity contribution is -0.00296. The normalized spacial score (nSPS) is 19.9. The van der Waals surface area contributed by atoms with Crippen molar-refractivity contribution < 1.29 is 9.13 Å². The van der Waals surface area contributed by atoms with Gasteiger partial charge in [-0.2, -0.15) is 0 Å². The second kappa shape index (κ2) is 8.18. The fourth-order valence-corrected chi connectivity index (χ4v) is 2.48. The topological polar surface area (TPSA) is 12.5 Å². The lowest BCUT2D eigenvalue weighted by Gasteiger charge is -2.28. The number of benzene rings is 1. The van der Waals surface area contributed by atoms with E-state index in [1.165, 1.54) is 31.4 Å². The molecule has 1 fully saturated rings. The first-order valence-electron chi connectivity index (χ1n) is 7.54. The highest BCUT2D eigenvalue weighted by atomic mass is 19.1. The first-order chi connectivity index (χ1) is 9.78. The molecule has 0 aromatic heterocycles. The number of halogens is 1. The standard InChI is InChI=1S/C17H24FNO/c1-2-19(14-17-7-3-4-13-20-17)12-5-6-15-8-10-16(18)11-9-15/h5-6,8-11,17H,2-4,7,12-14H2,1H3/b6-5+/t17-/m1/s1. The Hall–Kier alpha value is -1.19. The highest BCUT2D eigenvalue weighted by molar-refractivity contribution is 5.48. The second-order valence-electron chi connectivity index (χ2n) is 5.29. The van der Waals surface area contributed by atoms with Crippen LogP contribution in [0.4, 0.5) is 4.39 Å². The molecule has 0 radical (unpaired) electrons. The van der Waals surface area contributed by atoms with E-state index in [0.717, 1.165) is 31.8 Å². The Balaban J connectivity index is 1.79. The lowest BCUT2D eigenvalue weighted by Crippen LogP contribution is -2.35. The molecule has 1 aromatic rings. The summed E-state index contributed by atoms with van der Waals surface area (Å²) in [5.41, 5.74) is 1.04. The van der Waals surface area contributed by atoms with E-state index in [1.807, 2.05) is 6.08 Å². The van der Waals surface area contributed by atoms with E-state index < -0.39 is 0 Å². The third-order valence-corrected chi connectivity index (χ3v) is 3.73. The van der Waals surface area contributed by atoms with E-state index in [1.54, 1.807) is 12.1 Å². The number of hydrogen-bond donors (Lipinski definition) is 0. The summed E-state index contributed by atoms with van der Waals surface area (Å²) >= 11 is 0. The average Bonchev–Trinajstić information content (AvgIpc) is 2.49. The zero-order valence-corrected chi connectivity index (χ0v) is 12.2. The minimum atomic E-state index is -0.188. The molecule has 1 saturated heterocycles. The van der Waals surface area contributed by atoms with Crippen molar-refractivity contribution in [3.8, 4) is 0 Å². The van der Waals surface area contributed by atoms with Crippen molar-refractivity contribution in [2.24, 2.45) is 0 Å². The number of likely N-dealkylation sites (N-methyl/N-ethyl adjacent to an activating group) is 1. The summed E-state index contributed by atoms with van der Waals surface area (Å²) in [6, 6.07) is 6.58. The molecule has 0 spiro atoms. The quantitative estimate of drug-likeness (QED) is 0.785. The van der Waals surface area contributed by atoms with Gasteiger partial charge in [0.05, 0.1) is 6.10 Å². The SMILES string of the molecule is CCN(C/C=C/c1ccc(F)cc1)C[C@H]1CCCCO1. The summed E-state index contributed by atoms with van der Waals surface area (Å²) in [7, 11) is 0. The van der Waals surface area contributed by atoms with Crippen molar-refractivity contribution in [2.45, 2.75) is 32.3 Å². The van der Waals surface area contributed by atoms with Crippen molar-refractivity contribution in [2.75, 3.05) is 26.2 Å². The van der Waals surface area contributed by atoms with E-state index in [-0.39, 0.29) is 5.82 Å². The Morgan fingerprint density at radius 1 is 1.30 bits per heavy atom. The second-order valence-corrected chi connectivity index (χ2v) is 5.29. The predicted octanol–water partition coefficient (Wildman–Crippen LogP) is 3.73. The van der Waals surface area contributed by atoms with E-state index in [4.69, 9.17) is 4.74 Å². The number of ether oxygens (including phenoxy) is 1. The Kier molecular flexibility index (Phi) is 6.22.